The first-order chi connectivity index (χ1) is 5.81. The van der Waals surface area contributed by atoms with Crippen molar-refractivity contribution in [3.63, 3.8) is 0 Å². The zero-order chi connectivity index (χ0) is 8.97. The summed E-state index contributed by atoms with van der Waals surface area (Å²) in [5.41, 5.74) is 0.872. The van der Waals surface area contributed by atoms with Crippen LogP contribution in [0, 0.1) is 6.07 Å². The fraction of sp³-hybridized carbons (Fsp3) is 0.375. The number of nitrogens with one attached hydrogen (secondary N) is 3. The van der Waals surface area contributed by atoms with Gasteiger partial charge in [0.2, 0.25) is 0 Å². The largest absolute Gasteiger partial charge is 0.385 e. The molecule has 0 bridgehead atoms. The smallest absolute Gasteiger partial charge is 0.152 e. The van der Waals surface area contributed by atoms with E-state index < -0.39 is 0 Å². The lowest BCUT2D eigenvalue weighted by molar-refractivity contribution is 1.25. The van der Waals surface area contributed by atoms with Crippen molar-refractivity contribution in [1.82, 2.24) is 4.98 Å². The lowest BCUT2D eigenvalue weighted by Gasteiger charge is -2.08. The Morgan fingerprint density at radius 2 is 1.92 bits per heavy atom. The lowest BCUT2D eigenvalue weighted by Crippen LogP contribution is -2.01. The molecule has 0 unspecified atom stereocenters. The highest BCUT2D eigenvalue weighted by Gasteiger charge is 2.00. The van der Waals surface area contributed by atoms with E-state index in [2.05, 4.69) is 27.0 Å². The highest BCUT2D eigenvalue weighted by atomic mass is 15.1. The minimum Gasteiger partial charge on any atom is -0.385 e. The minimum atomic E-state index is 0.796. The van der Waals surface area contributed by atoms with Crippen LogP contribution in [0.25, 0.3) is 0 Å². The van der Waals surface area contributed by atoms with Gasteiger partial charge in [-0.1, -0.05) is 0 Å². The van der Waals surface area contributed by atoms with Crippen molar-refractivity contribution in [2.24, 2.45) is 0 Å². The van der Waals surface area contributed by atoms with Crippen LogP contribution in [0.4, 0.5) is 17.3 Å². The Hall–Kier alpha value is -1.45. The molecule has 65 valence electrons. The molecule has 0 aliphatic heterocycles. The van der Waals surface area contributed by atoms with Gasteiger partial charge >= 0.3 is 0 Å². The van der Waals surface area contributed by atoms with E-state index in [1.807, 2.05) is 21.1 Å². The summed E-state index contributed by atoms with van der Waals surface area (Å²) in [5, 5.41) is 8.91. The molecule has 0 saturated carbocycles. The van der Waals surface area contributed by atoms with E-state index >= 15 is 0 Å². The summed E-state index contributed by atoms with van der Waals surface area (Å²) in [5.74, 6) is 1.60. The first-order valence-electron chi connectivity index (χ1n) is 3.77. The second-order valence-corrected chi connectivity index (χ2v) is 2.26. The Morgan fingerprint density at radius 1 is 1.17 bits per heavy atom. The average Bonchev–Trinajstić information content (AvgIpc) is 2.16. The predicted molar refractivity (Wildman–Crippen MR) is 51.7 cm³/mol. The highest BCUT2D eigenvalue weighted by molar-refractivity contribution is 5.65. The Morgan fingerprint density at radius 3 is 2.42 bits per heavy atom. The van der Waals surface area contributed by atoms with Crippen LogP contribution in [0.5, 0.6) is 0 Å². The number of nitrogens with zero attached hydrogens (tertiary/aromatic N) is 1. The van der Waals surface area contributed by atoms with Gasteiger partial charge in [0.25, 0.3) is 0 Å². The van der Waals surface area contributed by atoms with Crippen molar-refractivity contribution < 1.29 is 0 Å². The highest BCUT2D eigenvalue weighted by Crippen LogP contribution is 2.19. The summed E-state index contributed by atoms with van der Waals surface area (Å²) < 4.78 is 0. The molecule has 0 aromatic carbocycles. The number of hydrogen-bond donors (Lipinski definition) is 3. The molecule has 12 heavy (non-hydrogen) atoms. The number of hydrogen-bond acceptors (Lipinski definition) is 4. The number of pyridine rings is 1. The summed E-state index contributed by atoms with van der Waals surface area (Å²) in [7, 11) is 5.50. The van der Waals surface area contributed by atoms with E-state index in [-0.39, 0.29) is 0 Å². The second-order valence-electron chi connectivity index (χ2n) is 2.26. The minimum absolute atomic E-state index is 0.796. The van der Waals surface area contributed by atoms with Crippen LogP contribution in [0.3, 0.4) is 0 Å². The van der Waals surface area contributed by atoms with Gasteiger partial charge in [-0.15, -0.1) is 0 Å². The molecule has 0 aliphatic rings. The molecule has 1 radical (unpaired) electrons. The van der Waals surface area contributed by atoms with Crippen molar-refractivity contribution >= 4 is 17.3 Å². The maximum atomic E-state index is 4.26. The van der Waals surface area contributed by atoms with Crippen LogP contribution in [0.15, 0.2) is 6.07 Å². The molecule has 4 heteroatoms. The molecule has 0 fully saturated rings. The Labute approximate surface area is 72.4 Å². The van der Waals surface area contributed by atoms with E-state index in [1.165, 1.54) is 0 Å². The Balaban J connectivity index is 3.02. The quantitative estimate of drug-likeness (QED) is 0.625. The zero-order valence-electron chi connectivity index (χ0n) is 7.52. The standard InChI is InChI=1S/C8H13N4/c1-9-6-4-5-7(10-2)12-8(6)11-3/h5,9H,1-3H3,(H2,10,11,12). The third-order valence-corrected chi connectivity index (χ3v) is 1.57. The average molecular weight is 165 g/mol. The molecule has 1 aromatic rings. The third kappa shape index (κ3) is 1.58. The van der Waals surface area contributed by atoms with Gasteiger partial charge in [-0.05, 0) is 6.07 Å². The van der Waals surface area contributed by atoms with E-state index in [9.17, 15) is 0 Å². The van der Waals surface area contributed by atoms with Crippen molar-refractivity contribution in [3.05, 3.63) is 12.1 Å². The fourth-order valence-corrected chi connectivity index (χ4v) is 0.917. The molecule has 4 nitrogen and oxygen atoms in total. The van der Waals surface area contributed by atoms with Crippen LogP contribution < -0.4 is 16.0 Å². The van der Waals surface area contributed by atoms with E-state index in [0.717, 1.165) is 17.3 Å². The topological polar surface area (TPSA) is 49.0 Å². The van der Waals surface area contributed by atoms with Gasteiger partial charge in [-0.2, -0.15) is 0 Å². The SMILES string of the molecule is CNc1c[c]c(NC)c(NC)n1. The lowest BCUT2D eigenvalue weighted by atomic mass is 10.3. The molecule has 0 amide bonds. The Bertz CT molecular complexity index is 259. The van der Waals surface area contributed by atoms with Crippen molar-refractivity contribution in [2.45, 2.75) is 0 Å². The van der Waals surface area contributed by atoms with E-state index in [4.69, 9.17) is 0 Å². The third-order valence-electron chi connectivity index (χ3n) is 1.57. The molecule has 3 N–H and O–H groups in total. The van der Waals surface area contributed by atoms with Gasteiger partial charge in [0.05, 0.1) is 5.69 Å². The monoisotopic (exact) mass is 165 g/mol. The van der Waals surface area contributed by atoms with Crippen LogP contribution in [0.1, 0.15) is 0 Å². The molecule has 1 aromatic heterocycles. The molecule has 0 aliphatic carbocycles. The van der Waals surface area contributed by atoms with Gasteiger partial charge in [0.15, 0.2) is 5.82 Å². The van der Waals surface area contributed by atoms with Crippen molar-refractivity contribution in [3.8, 4) is 0 Å². The first kappa shape index (κ1) is 8.64. The maximum Gasteiger partial charge on any atom is 0.152 e. The fourth-order valence-electron chi connectivity index (χ4n) is 0.917. The van der Waals surface area contributed by atoms with E-state index in [1.54, 1.807) is 6.07 Å². The van der Waals surface area contributed by atoms with Gasteiger partial charge in [0, 0.05) is 27.2 Å². The van der Waals surface area contributed by atoms with Crippen LogP contribution in [0.2, 0.25) is 0 Å². The van der Waals surface area contributed by atoms with Crippen molar-refractivity contribution in [2.75, 3.05) is 37.1 Å². The molecule has 1 heterocycles. The number of aromatic nitrogens is 1. The summed E-state index contributed by atoms with van der Waals surface area (Å²) in [6.45, 7) is 0. The summed E-state index contributed by atoms with van der Waals surface area (Å²) in [4.78, 5) is 4.26. The normalized spacial score (nSPS) is 9.25. The molecular weight excluding hydrogens is 152 g/mol. The van der Waals surface area contributed by atoms with Crippen molar-refractivity contribution in [1.29, 1.82) is 0 Å². The van der Waals surface area contributed by atoms with Gasteiger partial charge in [-0.3, -0.25) is 0 Å². The predicted octanol–water partition coefficient (Wildman–Crippen LogP) is 1.01. The van der Waals surface area contributed by atoms with Crippen LogP contribution in [-0.4, -0.2) is 26.1 Å². The van der Waals surface area contributed by atoms with Gasteiger partial charge < -0.3 is 16.0 Å². The van der Waals surface area contributed by atoms with Crippen LogP contribution >= 0.6 is 0 Å². The summed E-state index contributed by atoms with van der Waals surface area (Å²) >= 11 is 0. The molecule has 1 rings (SSSR count). The van der Waals surface area contributed by atoms with Gasteiger partial charge in [-0.25, -0.2) is 4.98 Å². The summed E-state index contributed by atoms with van der Waals surface area (Å²) in [6, 6.07) is 4.86. The van der Waals surface area contributed by atoms with Crippen LogP contribution in [-0.2, 0) is 0 Å². The molecule has 0 spiro atoms. The number of anilines is 3. The van der Waals surface area contributed by atoms with Gasteiger partial charge in [0.1, 0.15) is 5.82 Å². The first-order valence-corrected chi connectivity index (χ1v) is 3.77. The Kier molecular flexibility index (Phi) is 2.74. The molecule has 0 atom stereocenters. The molecule has 0 saturated heterocycles. The maximum absolute atomic E-state index is 4.26. The second kappa shape index (κ2) is 3.80. The number of rotatable bonds is 3. The zero-order valence-corrected chi connectivity index (χ0v) is 7.52. The van der Waals surface area contributed by atoms with E-state index in [0.29, 0.717) is 0 Å². The molecular formula is C8H13N4. The summed E-state index contributed by atoms with van der Waals surface area (Å²) in [6.07, 6.45) is 0.